The Bertz CT molecular complexity index is 965. The zero-order valence-corrected chi connectivity index (χ0v) is 17.0. The highest BCUT2D eigenvalue weighted by atomic mass is 35.5. The number of hydrogen-bond acceptors (Lipinski definition) is 7. The predicted octanol–water partition coefficient (Wildman–Crippen LogP) is 3.55. The largest absolute Gasteiger partial charge is 0.419 e. The smallest absolute Gasteiger partial charge is 0.263 e. The van der Waals surface area contributed by atoms with Crippen LogP contribution in [0.15, 0.2) is 34.2 Å². The second kappa shape index (κ2) is 8.38. The average Bonchev–Trinajstić information content (AvgIpc) is 3.33. The van der Waals surface area contributed by atoms with Gasteiger partial charge in [-0.1, -0.05) is 23.7 Å². The molecule has 0 radical (unpaired) electrons. The molecular weight excluding hydrogens is 398 g/mol. The van der Waals surface area contributed by atoms with Crippen molar-refractivity contribution in [3.8, 4) is 11.5 Å². The van der Waals surface area contributed by atoms with Crippen LogP contribution < -0.4 is 5.32 Å². The van der Waals surface area contributed by atoms with E-state index in [2.05, 4.69) is 25.4 Å². The SMILES string of the molecule is Cc1ncsc1C(=O)NC1CCN(Cc2nnc(-c3ccccc3Cl)o2)CC1. The first-order chi connectivity index (χ1) is 13.6. The van der Waals surface area contributed by atoms with Crippen LogP contribution in [0.5, 0.6) is 0 Å². The van der Waals surface area contributed by atoms with E-state index in [1.807, 2.05) is 25.1 Å². The summed E-state index contributed by atoms with van der Waals surface area (Å²) in [5.41, 5.74) is 3.22. The van der Waals surface area contributed by atoms with Crippen molar-refractivity contribution in [2.24, 2.45) is 0 Å². The summed E-state index contributed by atoms with van der Waals surface area (Å²) in [4.78, 5) is 19.4. The third kappa shape index (κ3) is 4.24. The van der Waals surface area contributed by atoms with E-state index in [1.54, 1.807) is 11.6 Å². The first kappa shape index (κ1) is 19.0. The van der Waals surface area contributed by atoms with Gasteiger partial charge in [-0.15, -0.1) is 21.5 Å². The number of hydrogen-bond donors (Lipinski definition) is 1. The van der Waals surface area contributed by atoms with E-state index in [9.17, 15) is 4.79 Å². The minimum absolute atomic E-state index is 0.0280. The van der Waals surface area contributed by atoms with E-state index in [0.29, 0.717) is 28.2 Å². The highest BCUT2D eigenvalue weighted by Crippen LogP contribution is 2.26. The van der Waals surface area contributed by atoms with Crippen molar-refractivity contribution in [1.82, 2.24) is 25.4 Å². The number of aromatic nitrogens is 3. The van der Waals surface area contributed by atoms with Gasteiger partial charge in [0.2, 0.25) is 11.8 Å². The van der Waals surface area contributed by atoms with Crippen LogP contribution in [-0.2, 0) is 6.54 Å². The van der Waals surface area contributed by atoms with Gasteiger partial charge in [-0.25, -0.2) is 4.98 Å². The van der Waals surface area contributed by atoms with E-state index in [0.717, 1.165) is 37.2 Å². The Labute approximate surface area is 171 Å². The van der Waals surface area contributed by atoms with E-state index in [4.69, 9.17) is 16.0 Å². The first-order valence-electron chi connectivity index (χ1n) is 9.10. The van der Waals surface area contributed by atoms with E-state index in [1.165, 1.54) is 11.3 Å². The molecule has 1 N–H and O–H groups in total. The Kier molecular flexibility index (Phi) is 5.70. The molecule has 28 heavy (non-hydrogen) atoms. The number of aryl methyl sites for hydroxylation is 1. The molecule has 7 nitrogen and oxygen atoms in total. The maximum atomic E-state index is 12.3. The number of nitrogens with zero attached hydrogens (tertiary/aromatic N) is 4. The fourth-order valence-corrected chi connectivity index (χ4v) is 4.18. The number of halogens is 1. The molecule has 1 saturated heterocycles. The highest BCUT2D eigenvalue weighted by Gasteiger charge is 2.24. The quantitative estimate of drug-likeness (QED) is 0.683. The summed E-state index contributed by atoms with van der Waals surface area (Å²) in [6, 6.07) is 7.58. The molecule has 1 fully saturated rings. The van der Waals surface area contributed by atoms with Crippen molar-refractivity contribution >= 4 is 28.8 Å². The van der Waals surface area contributed by atoms with Gasteiger partial charge in [0.15, 0.2) is 0 Å². The summed E-state index contributed by atoms with van der Waals surface area (Å²) in [6.45, 7) is 4.16. The van der Waals surface area contributed by atoms with Crippen molar-refractivity contribution < 1.29 is 9.21 Å². The molecule has 0 saturated carbocycles. The van der Waals surface area contributed by atoms with Crippen LogP contribution in [0.2, 0.25) is 5.02 Å². The van der Waals surface area contributed by atoms with Crippen LogP contribution >= 0.6 is 22.9 Å². The fraction of sp³-hybridized carbons (Fsp3) is 0.368. The molecule has 1 aliphatic heterocycles. The Morgan fingerprint density at radius 2 is 2.11 bits per heavy atom. The molecule has 3 heterocycles. The summed E-state index contributed by atoms with van der Waals surface area (Å²) in [6.07, 6.45) is 1.77. The van der Waals surface area contributed by atoms with Crippen LogP contribution in [0, 0.1) is 6.92 Å². The maximum Gasteiger partial charge on any atom is 0.263 e. The molecule has 0 spiro atoms. The van der Waals surface area contributed by atoms with Crippen molar-refractivity contribution in [2.75, 3.05) is 13.1 Å². The lowest BCUT2D eigenvalue weighted by molar-refractivity contribution is 0.0909. The number of piperidine rings is 1. The third-order valence-electron chi connectivity index (χ3n) is 4.80. The van der Waals surface area contributed by atoms with Crippen molar-refractivity contribution in [1.29, 1.82) is 0 Å². The fourth-order valence-electron chi connectivity index (χ4n) is 3.26. The van der Waals surface area contributed by atoms with Crippen LogP contribution in [0.4, 0.5) is 0 Å². The zero-order valence-electron chi connectivity index (χ0n) is 15.4. The highest BCUT2D eigenvalue weighted by molar-refractivity contribution is 7.11. The lowest BCUT2D eigenvalue weighted by Crippen LogP contribution is -2.44. The van der Waals surface area contributed by atoms with Crippen molar-refractivity contribution in [3.63, 3.8) is 0 Å². The predicted molar refractivity (Wildman–Crippen MR) is 107 cm³/mol. The molecule has 1 aliphatic rings. The average molecular weight is 418 g/mol. The van der Waals surface area contributed by atoms with E-state index < -0.39 is 0 Å². The Morgan fingerprint density at radius 1 is 1.32 bits per heavy atom. The molecule has 2 aromatic heterocycles. The first-order valence-corrected chi connectivity index (χ1v) is 10.4. The number of carbonyl (C=O) groups excluding carboxylic acids is 1. The molecule has 0 atom stereocenters. The second-order valence-electron chi connectivity index (χ2n) is 6.77. The number of benzene rings is 1. The molecule has 146 valence electrons. The lowest BCUT2D eigenvalue weighted by Gasteiger charge is -2.31. The molecule has 0 bridgehead atoms. The number of amides is 1. The molecule has 1 aromatic carbocycles. The molecule has 0 unspecified atom stereocenters. The van der Waals surface area contributed by atoms with Gasteiger partial charge < -0.3 is 9.73 Å². The second-order valence-corrected chi connectivity index (χ2v) is 8.03. The van der Waals surface area contributed by atoms with Crippen LogP contribution in [0.25, 0.3) is 11.5 Å². The maximum absolute atomic E-state index is 12.3. The minimum atomic E-state index is -0.0280. The normalized spacial score (nSPS) is 15.6. The lowest BCUT2D eigenvalue weighted by atomic mass is 10.0. The van der Waals surface area contributed by atoms with Gasteiger partial charge in [0.1, 0.15) is 4.88 Å². The molecule has 1 amide bonds. The summed E-state index contributed by atoms with van der Waals surface area (Å²) in [5.74, 6) is 0.972. The van der Waals surface area contributed by atoms with Gasteiger partial charge >= 0.3 is 0 Å². The molecule has 0 aliphatic carbocycles. The van der Waals surface area contributed by atoms with Gasteiger partial charge in [0.05, 0.1) is 28.3 Å². The van der Waals surface area contributed by atoms with Gasteiger partial charge in [-0.3, -0.25) is 9.69 Å². The summed E-state index contributed by atoms with van der Waals surface area (Å²) < 4.78 is 5.78. The van der Waals surface area contributed by atoms with E-state index >= 15 is 0 Å². The van der Waals surface area contributed by atoms with E-state index in [-0.39, 0.29) is 11.9 Å². The Hall–Kier alpha value is -2.29. The Morgan fingerprint density at radius 3 is 2.82 bits per heavy atom. The monoisotopic (exact) mass is 417 g/mol. The van der Waals surface area contributed by atoms with Crippen LogP contribution in [0.3, 0.4) is 0 Å². The van der Waals surface area contributed by atoms with Crippen LogP contribution in [-0.4, -0.2) is 45.1 Å². The van der Waals surface area contributed by atoms with Gasteiger partial charge in [-0.2, -0.15) is 0 Å². The number of rotatable bonds is 5. The molecule has 3 aromatic rings. The van der Waals surface area contributed by atoms with Gasteiger partial charge in [0, 0.05) is 19.1 Å². The molecule has 9 heteroatoms. The Balaban J connectivity index is 1.30. The number of carbonyl (C=O) groups is 1. The number of likely N-dealkylation sites (tertiary alicyclic amines) is 1. The molecular formula is C19H20ClN5O2S. The molecule has 4 rings (SSSR count). The van der Waals surface area contributed by atoms with Crippen LogP contribution in [0.1, 0.15) is 34.1 Å². The van der Waals surface area contributed by atoms with Gasteiger partial charge in [-0.05, 0) is 31.9 Å². The third-order valence-corrected chi connectivity index (χ3v) is 6.06. The summed E-state index contributed by atoms with van der Waals surface area (Å²) in [5, 5.41) is 12.0. The summed E-state index contributed by atoms with van der Waals surface area (Å²) in [7, 11) is 0. The standard InChI is InChI=1S/C19H20ClN5O2S/c1-12-17(28-11-21-12)18(26)22-13-6-8-25(9-7-13)10-16-23-24-19(27-16)14-4-2-3-5-15(14)20/h2-5,11,13H,6-10H2,1H3,(H,22,26). The zero-order chi connectivity index (χ0) is 19.5. The number of thiazole rings is 1. The van der Waals surface area contributed by atoms with Crippen molar-refractivity contribution in [2.45, 2.75) is 32.4 Å². The minimum Gasteiger partial charge on any atom is -0.419 e. The number of nitrogens with one attached hydrogen (secondary N) is 1. The summed E-state index contributed by atoms with van der Waals surface area (Å²) >= 11 is 7.57. The van der Waals surface area contributed by atoms with Gasteiger partial charge in [0.25, 0.3) is 5.91 Å². The topological polar surface area (TPSA) is 84.2 Å². The van der Waals surface area contributed by atoms with Crippen molar-refractivity contribution in [3.05, 3.63) is 51.3 Å².